The van der Waals surface area contributed by atoms with Crippen LogP contribution in [0.3, 0.4) is 0 Å². The third-order valence-electron chi connectivity index (χ3n) is 3.22. The van der Waals surface area contributed by atoms with E-state index in [-0.39, 0.29) is 4.90 Å². The maximum Gasteiger partial charge on any atom is 0.265 e. The fraction of sp³-hybridized carbons (Fsp3) is 0.312. The van der Waals surface area contributed by atoms with Gasteiger partial charge < -0.3 is 4.74 Å². The molecule has 2 aromatic rings. The van der Waals surface area contributed by atoms with Gasteiger partial charge in [0.1, 0.15) is 11.6 Å². The van der Waals surface area contributed by atoms with E-state index in [1.807, 2.05) is 0 Å². The van der Waals surface area contributed by atoms with Crippen molar-refractivity contribution >= 4 is 15.8 Å². The topological polar surface area (TPSA) is 59.5 Å². The number of ether oxygens (including phenoxy) is 1. The van der Waals surface area contributed by atoms with Gasteiger partial charge in [0.25, 0.3) is 10.0 Å². The highest BCUT2D eigenvalue weighted by Gasteiger charge is 2.21. The number of benzene rings is 1. The predicted molar refractivity (Wildman–Crippen MR) is 86.7 cm³/mol. The van der Waals surface area contributed by atoms with Crippen LogP contribution in [0.1, 0.15) is 19.8 Å². The Bertz CT molecular complexity index is 685. The molecule has 0 aliphatic heterocycles. The summed E-state index contributed by atoms with van der Waals surface area (Å²) in [5.74, 6) is 1.05. The van der Waals surface area contributed by atoms with Crippen molar-refractivity contribution in [3.05, 3.63) is 48.7 Å². The maximum absolute atomic E-state index is 12.5. The Morgan fingerprint density at radius 3 is 2.45 bits per heavy atom. The smallest absolute Gasteiger partial charge is 0.265 e. The molecule has 1 aromatic heterocycles. The number of unbranched alkanes of at least 4 members (excludes halogenated alkanes) is 1. The molecule has 0 unspecified atom stereocenters. The fourth-order valence-corrected chi connectivity index (χ4v) is 3.01. The number of aromatic nitrogens is 1. The molecule has 22 heavy (non-hydrogen) atoms. The first-order valence-corrected chi connectivity index (χ1v) is 8.62. The second kappa shape index (κ2) is 7.26. The molecule has 0 amide bonds. The molecular formula is C16H20N2O3S. The molecule has 0 atom stereocenters. The molecule has 2 rings (SSSR count). The third kappa shape index (κ3) is 3.76. The van der Waals surface area contributed by atoms with Gasteiger partial charge in [-0.1, -0.05) is 19.4 Å². The number of rotatable bonds is 7. The minimum absolute atomic E-state index is 0.212. The summed E-state index contributed by atoms with van der Waals surface area (Å²) in [5.41, 5.74) is 0. The van der Waals surface area contributed by atoms with Gasteiger partial charge in [0.15, 0.2) is 0 Å². The molecule has 0 bridgehead atoms. The molecule has 0 radical (unpaired) electrons. The third-order valence-corrected chi connectivity index (χ3v) is 5.00. The Labute approximate surface area is 131 Å². The van der Waals surface area contributed by atoms with Gasteiger partial charge in [-0.2, -0.15) is 0 Å². The highest BCUT2D eigenvalue weighted by molar-refractivity contribution is 7.92. The molecule has 0 aliphatic carbocycles. The molecule has 5 nitrogen and oxygen atoms in total. The van der Waals surface area contributed by atoms with Crippen molar-refractivity contribution < 1.29 is 13.2 Å². The molecule has 118 valence electrons. The van der Waals surface area contributed by atoms with Crippen LogP contribution < -0.4 is 9.04 Å². The molecule has 1 aromatic carbocycles. The lowest BCUT2D eigenvalue weighted by molar-refractivity contribution is 0.309. The van der Waals surface area contributed by atoms with Gasteiger partial charge in [-0.25, -0.2) is 13.4 Å². The van der Waals surface area contributed by atoms with E-state index < -0.39 is 10.0 Å². The van der Waals surface area contributed by atoms with Crippen molar-refractivity contribution in [2.75, 3.05) is 18.0 Å². The van der Waals surface area contributed by atoms with Crippen LogP contribution in [0, 0.1) is 0 Å². The molecule has 0 spiro atoms. The summed E-state index contributed by atoms with van der Waals surface area (Å²) in [5, 5.41) is 0. The van der Waals surface area contributed by atoms with Crippen LogP contribution in [0.2, 0.25) is 0 Å². The molecule has 0 N–H and O–H groups in total. The summed E-state index contributed by atoms with van der Waals surface area (Å²) < 4.78 is 31.8. The van der Waals surface area contributed by atoms with Gasteiger partial charge >= 0.3 is 0 Å². The molecule has 6 heteroatoms. The van der Waals surface area contributed by atoms with Crippen LogP contribution in [0.25, 0.3) is 0 Å². The number of pyridine rings is 1. The Morgan fingerprint density at radius 2 is 1.86 bits per heavy atom. The predicted octanol–water partition coefficient (Wildman–Crippen LogP) is 3.09. The lowest BCUT2D eigenvalue weighted by Gasteiger charge is -2.18. The number of hydrogen-bond donors (Lipinski definition) is 0. The van der Waals surface area contributed by atoms with Gasteiger partial charge in [-0.15, -0.1) is 0 Å². The van der Waals surface area contributed by atoms with Gasteiger partial charge in [0.05, 0.1) is 11.5 Å². The van der Waals surface area contributed by atoms with Crippen LogP contribution in [-0.4, -0.2) is 27.1 Å². The van der Waals surface area contributed by atoms with Gasteiger partial charge in [0, 0.05) is 13.2 Å². The normalized spacial score (nSPS) is 11.2. The van der Waals surface area contributed by atoms with Crippen molar-refractivity contribution in [1.29, 1.82) is 0 Å². The van der Waals surface area contributed by atoms with E-state index in [0.29, 0.717) is 18.2 Å². The Morgan fingerprint density at radius 1 is 1.14 bits per heavy atom. The first-order chi connectivity index (χ1) is 10.6. The summed E-state index contributed by atoms with van der Waals surface area (Å²) in [6.45, 7) is 2.73. The first kappa shape index (κ1) is 16.3. The summed E-state index contributed by atoms with van der Waals surface area (Å²) >= 11 is 0. The largest absolute Gasteiger partial charge is 0.494 e. The van der Waals surface area contributed by atoms with Crippen LogP contribution >= 0.6 is 0 Å². The molecule has 0 fully saturated rings. The van der Waals surface area contributed by atoms with Crippen molar-refractivity contribution in [2.24, 2.45) is 0 Å². The zero-order chi connectivity index (χ0) is 16.0. The first-order valence-electron chi connectivity index (χ1n) is 7.18. The van der Waals surface area contributed by atoms with Crippen LogP contribution in [-0.2, 0) is 10.0 Å². The van der Waals surface area contributed by atoms with Gasteiger partial charge in [-0.05, 0) is 42.8 Å². The van der Waals surface area contributed by atoms with E-state index in [9.17, 15) is 8.42 Å². The molecule has 0 saturated heterocycles. The number of hydrogen-bond acceptors (Lipinski definition) is 4. The van der Waals surface area contributed by atoms with Crippen LogP contribution in [0.4, 0.5) is 5.82 Å². The zero-order valence-corrected chi connectivity index (χ0v) is 13.6. The standard InChI is InChI=1S/C16H20N2O3S/c1-3-4-13-21-14-8-10-15(11-9-14)22(19,20)18(2)16-7-5-6-12-17-16/h5-12H,3-4,13H2,1-2H3. The Balaban J connectivity index is 2.16. The number of anilines is 1. The van der Waals surface area contributed by atoms with E-state index in [1.165, 1.54) is 11.4 Å². The Hall–Kier alpha value is -2.08. The van der Waals surface area contributed by atoms with Crippen molar-refractivity contribution in [3.8, 4) is 5.75 Å². The summed E-state index contributed by atoms with van der Waals surface area (Å²) in [7, 11) is -2.13. The number of sulfonamides is 1. The summed E-state index contributed by atoms with van der Waals surface area (Å²) in [6.07, 6.45) is 3.59. The molecule has 0 aliphatic rings. The highest BCUT2D eigenvalue weighted by Crippen LogP contribution is 2.22. The fourth-order valence-electron chi connectivity index (χ4n) is 1.86. The van der Waals surface area contributed by atoms with Crippen LogP contribution in [0.5, 0.6) is 5.75 Å². The quantitative estimate of drug-likeness (QED) is 0.736. The van der Waals surface area contributed by atoms with E-state index >= 15 is 0 Å². The molecule has 1 heterocycles. The Kier molecular flexibility index (Phi) is 5.38. The van der Waals surface area contributed by atoms with Crippen molar-refractivity contribution in [2.45, 2.75) is 24.7 Å². The number of nitrogens with zero attached hydrogens (tertiary/aromatic N) is 2. The van der Waals surface area contributed by atoms with Gasteiger partial charge in [0.2, 0.25) is 0 Å². The highest BCUT2D eigenvalue weighted by atomic mass is 32.2. The summed E-state index contributed by atoms with van der Waals surface area (Å²) in [4.78, 5) is 4.27. The molecular weight excluding hydrogens is 300 g/mol. The monoisotopic (exact) mass is 320 g/mol. The van der Waals surface area contributed by atoms with E-state index in [1.54, 1.807) is 48.7 Å². The van der Waals surface area contributed by atoms with Crippen molar-refractivity contribution in [3.63, 3.8) is 0 Å². The van der Waals surface area contributed by atoms with E-state index in [4.69, 9.17) is 4.74 Å². The van der Waals surface area contributed by atoms with Gasteiger partial charge in [-0.3, -0.25) is 4.31 Å². The second-order valence-electron chi connectivity index (χ2n) is 4.83. The van der Waals surface area contributed by atoms with Crippen LogP contribution in [0.15, 0.2) is 53.6 Å². The second-order valence-corrected chi connectivity index (χ2v) is 6.80. The SMILES string of the molecule is CCCCOc1ccc(S(=O)(=O)N(C)c2ccccn2)cc1. The average molecular weight is 320 g/mol. The molecule has 0 saturated carbocycles. The van der Waals surface area contributed by atoms with E-state index in [2.05, 4.69) is 11.9 Å². The maximum atomic E-state index is 12.5. The van der Waals surface area contributed by atoms with E-state index in [0.717, 1.165) is 12.8 Å². The average Bonchev–Trinajstić information content (AvgIpc) is 2.55. The zero-order valence-electron chi connectivity index (χ0n) is 12.8. The minimum Gasteiger partial charge on any atom is -0.494 e. The minimum atomic E-state index is -3.62. The lowest BCUT2D eigenvalue weighted by atomic mass is 10.3. The summed E-state index contributed by atoms with van der Waals surface area (Å²) in [6, 6.07) is 11.6. The lowest BCUT2D eigenvalue weighted by Crippen LogP contribution is -2.27. The van der Waals surface area contributed by atoms with Crippen molar-refractivity contribution in [1.82, 2.24) is 4.98 Å².